The van der Waals surface area contributed by atoms with Crippen LogP contribution in [0.1, 0.15) is 169 Å². The molecule has 222 valence electrons. The highest BCUT2D eigenvalue weighted by Crippen LogP contribution is 2.18. The molecule has 0 unspecified atom stereocenters. The Morgan fingerprint density at radius 2 is 1.03 bits per heavy atom. The van der Waals surface area contributed by atoms with Crippen LogP contribution in [0.5, 0.6) is 0 Å². The van der Waals surface area contributed by atoms with E-state index in [4.69, 9.17) is 9.47 Å². The molecule has 0 aromatic heterocycles. The van der Waals surface area contributed by atoms with Gasteiger partial charge in [0, 0.05) is 6.61 Å². The third-order valence-electron chi connectivity index (χ3n) is 7.64. The lowest BCUT2D eigenvalue weighted by Gasteiger charge is -2.21. The zero-order chi connectivity index (χ0) is 27.4. The van der Waals surface area contributed by atoms with Gasteiger partial charge in [-0.3, -0.25) is 0 Å². The second-order valence-corrected chi connectivity index (χ2v) is 11.2. The minimum atomic E-state index is -0.456. The molecule has 4 nitrogen and oxygen atoms in total. The van der Waals surface area contributed by atoms with E-state index in [-0.39, 0.29) is 12.1 Å². The number of unbranched alkanes of at least 4 members (excludes halogenated alkanes) is 15. The molecule has 0 rings (SSSR count). The summed E-state index contributed by atoms with van der Waals surface area (Å²) in [5.41, 5.74) is 0. The highest BCUT2D eigenvalue weighted by atomic mass is 16.6. The van der Waals surface area contributed by atoms with E-state index in [1.165, 1.54) is 122 Å². The van der Waals surface area contributed by atoms with Crippen LogP contribution >= 0.6 is 0 Å². The van der Waals surface area contributed by atoms with E-state index in [1.807, 2.05) is 6.92 Å². The van der Waals surface area contributed by atoms with E-state index >= 15 is 0 Å². The van der Waals surface area contributed by atoms with Gasteiger partial charge in [0.15, 0.2) is 6.10 Å². The van der Waals surface area contributed by atoms with Gasteiger partial charge in [-0.15, -0.1) is 0 Å². The van der Waals surface area contributed by atoms with E-state index in [2.05, 4.69) is 32.6 Å². The molecule has 0 heterocycles. The average molecular weight is 526 g/mol. The van der Waals surface area contributed by atoms with Crippen LogP contribution in [0.2, 0.25) is 0 Å². The molecule has 0 saturated carbocycles. The molecule has 0 aromatic carbocycles. The normalized spacial score (nSPS) is 12.5. The smallest absolute Gasteiger partial charge is 0.335 e. The summed E-state index contributed by atoms with van der Waals surface area (Å²) in [5, 5.41) is 0. The molecule has 0 fully saturated rings. The van der Waals surface area contributed by atoms with Crippen LogP contribution in [0, 0.1) is 0 Å². The Morgan fingerprint density at radius 1 is 0.595 bits per heavy atom. The zero-order valence-electron chi connectivity index (χ0n) is 26.0. The summed E-state index contributed by atoms with van der Waals surface area (Å²) in [4.78, 5) is 15.3. The van der Waals surface area contributed by atoms with Gasteiger partial charge in [0.05, 0.1) is 0 Å². The lowest BCUT2D eigenvalue weighted by molar-refractivity contribution is -0.162. The van der Waals surface area contributed by atoms with Crippen LogP contribution in [-0.4, -0.2) is 49.3 Å². The van der Waals surface area contributed by atoms with Crippen molar-refractivity contribution in [1.29, 1.82) is 0 Å². The second kappa shape index (κ2) is 28.4. The van der Waals surface area contributed by atoms with Crippen LogP contribution in [0.15, 0.2) is 0 Å². The first-order valence-corrected chi connectivity index (χ1v) is 16.6. The lowest BCUT2D eigenvalue weighted by Crippen LogP contribution is -2.29. The Kier molecular flexibility index (Phi) is 27.9. The number of nitrogens with zero attached hydrogens (tertiary/aromatic N) is 1. The van der Waals surface area contributed by atoms with Crippen molar-refractivity contribution in [1.82, 2.24) is 4.90 Å². The van der Waals surface area contributed by atoms with Gasteiger partial charge in [-0.1, -0.05) is 111 Å². The Balaban J connectivity index is 4.18. The molecule has 0 bridgehead atoms. The van der Waals surface area contributed by atoms with Crippen molar-refractivity contribution in [2.75, 3.05) is 26.2 Å². The minimum Gasteiger partial charge on any atom is -0.460 e. The van der Waals surface area contributed by atoms with Gasteiger partial charge in [-0.25, -0.2) is 4.79 Å². The third kappa shape index (κ3) is 24.2. The fraction of sp³-hybridized carbons (Fsp3) is 0.970. The molecule has 0 amide bonds. The molecule has 37 heavy (non-hydrogen) atoms. The van der Waals surface area contributed by atoms with Crippen LogP contribution < -0.4 is 0 Å². The minimum absolute atomic E-state index is 0.0632. The fourth-order valence-corrected chi connectivity index (χ4v) is 4.96. The summed E-state index contributed by atoms with van der Waals surface area (Å²) in [7, 11) is 0. The molecule has 1 atom stereocenters. The summed E-state index contributed by atoms with van der Waals surface area (Å²) < 4.78 is 11.9. The highest BCUT2D eigenvalue weighted by Gasteiger charge is 2.20. The van der Waals surface area contributed by atoms with Crippen molar-refractivity contribution >= 4 is 5.97 Å². The molecule has 0 saturated heterocycles. The van der Waals surface area contributed by atoms with Crippen LogP contribution in [0.4, 0.5) is 0 Å². The number of esters is 1. The van der Waals surface area contributed by atoms with Crippen molar-refractivity contribution in [3.8, 4) is 0 Å². The Labute approximate surface area is 233 Å². The van der Waals surface area contributed by atoms with Crippen LogP contribution in [0.3, 0.4) is 0 Å². The fourth-order valence-electron chi connectivity index (χ4n) is 4.96. The van der Waals surface area contributed by atoms with E-state index < -0.39 is 6.10 Å². The summed E-state index contributed by atoms with van der Waals surface area (Å²) >= 11 is 0. The van der Waals surface area contributed by atoms with Crippen LogP contribution in [-0.2, 0) is 14.3 Å². The molecule has 0 aliphatic heterocycles. The largest absolute Gasteiger partial charge is 0.460 e. The maximum atomic E-state index is 12.7. The van der Waals surface area contributed by atoms with Gasteiger partial charge in [-0.2, -0.15) is 0 Å². The molecule has 4 heteroatoms. The quantitative estimate of drug-likeness (QED) is 0.0719. The first kappa shape index (κ1) is 36.4. The first-order chi connectivity index (χ1) is 18.1. The van der Waals surface area contributed by atoms with Gasteiger partial charge in [0.2, 0.25) is 0 Å². The van der Waals surface area contributed by atoms with Crippen molar-refractivity contribution in [2.24, 2.45) is 0 Å². The van der Waals surface area contributed by atoms with E-state index in [0.29, 0.717) is 6.61 Å². The first-order valence-electron chi connectivity index (χ1n) is 16.6. The Hall–Kier alpha value is -0.610. The number of hydrogen-bond acceptors (Lipinski definition) is 4. The van der Waals surface area contributed by atoms with Crippen molar-refractivity contribution in [3.05, 3.63) is 0 Å². The molecule has 0 aliphatic rings. The number of rotatable bonds is 29. The zero-order valence-corrected chi connectivity index (χ0v) is 26.0. The summed E-state index contributed by atoms with van der Waals surface area (Å²) in [5.74, 6) is -0.161. The number of carbonyl (C=O) groups excluding carboxylic acids is 1. The van der Waals surface area contributed by atoms with Gasteiger partial charge in [0.25, 0.3) is 0 Å². The predicted molar refractivity (Wildman–Crippen MR) is 161 cm³/mol. The van der Waals surface area contributed by atoms with Gasteiger partial charge in [-0.05, 0) is 77.9 Å². The Bertz CT molecular complexity index is 454. The maximum absolute atomic E-state index is 12.7. The molecule has 0 aliphatic carbocycles. The van der Waals surface area contributed by atoms with E-state index in [0.717, 1.165) is 32.2 Å². The van der Waals surface area contributed by atoms with Crippen LogP contribution in [0.25, 0.3) is 0 Å². The topological polar surface area (TPSA) is 38.8 Å². The van der Waals surface area contributed by atoms with Gasteiger partial charge >= 0.3 is 5.97 Å². The van der Waals surface area contributed by atoms with Crippen molar-refractivity contribution in [3.63, 3.8) is 0 Å². The molecular weight excluding hydrogens is 458 g/mol. The molecule has 0 spiro atoms. The summed E-state index contributed by atoms with van der Waals surface area (Å²) in [6, 6.07) is 0. The monoisotopic (exact) mass is 526 g/mol. The lowest BCUT2D eigenvalue weighted by atomic mass is 10.0. The Morgan fingerprint density at radius 3 is 1.51 bits per heavy atom. The molecule has 0 radical (unpaired) electrons. The van der Waals surface area contributed by atoms with E-state index in [1.54, 1.807) is 0 Å². The van der Waals surface area contributed by atoms with E-state index in [9.17, 15) is 4.79 Å². The standard InChI is InChI=1S/C33H67NO3/c1-6-10-13-16-18-21-26-32(27-22-19-17-14-11-7-2)37-33(35)31(5)36-30-25-20-24-29-34(9-4)28-23-15-12-8-3/h31-32H,6-30H2,1-5H3/t31-/m0/s1. The molecular formula is C33H67NO3. The number of hydrogen-bond donors (Lipinski definition) is 0. The summed E-state index contributed by atoms with van der Waals surface area (Å²) in [6.45, 7) is 15.1. The number of ether oxygens (including phenoxy) is 2. The van der Waals surface area contributed by atoms with Crippen molar-refractivity contribution < 1.29 is 14.3 Å². The SMILES string of the molecule is CCCCCCCCC(CCCCCCCC)OC(=O)[C@H](C)OCCCCCN(CC)CCCCCC. The van der Waals surface area contributed by atoms with Crippen molar-refractivity contribution in [2.45, 2.75) is 182 Å². The van der Waals surface area contributed by atoms with Gasteiger partial charge in [0.1, 0.15) is 6.10 Å². The maximum Gasteiger partial charge on any atom is 0.335 e. The predicted octanol–water partition coefficient (Wildman–Crippen LogP) is 9.88. The van der Waals surface area contributed by atoms with Gasteiger partial charge < -0.3 is 14.4 Å². The average Bonchev–Trinajstić information content (AvgIpc) is 2.90. The molecule has 0 N–H and O–H groups in total. The highest BCUT2D eigenvalue weighted by molar-refractivity contribution is 5.74. The molecule has 0 aromatic rings. The number of carbonyl (C=O) groups is 1. The second-order valence-electron chi connectivity index (χ2n) is 11.2. The summed E-state index contributed by atoms with van der Waals surface area (Å²) in [6.07, 6.45) is 25.7. The third-order valence-corrected chi connectivity index (χ3v) is 7.64.